The molecule has 1 aliphatic carbocycles. The average molecular weight is 730 g/mol. The Morgan fingerprint density at radius 2 is 1.13 bits per heavy atom. The summed E-state index contributed by atoms with van der Waals surface area (Å²) >= 11 is 0. The zero-order chi connectivity index (χ0) is 37.2. The van der Waals surface area contributed by atoms with E-state index in [9.17, 15) is 0 Å². The molecule has 2 N–H and O–H groups in total. The Labute approximate surface area is 319 Å². The van der Waals surface area contributed by atoms with Gasteiger partial charge in [-0.05, 0) is 44.9 Å². The molecule has 0 spiro atoms. The van der Waals surface area contributed by atoms with Crippen LogP contribution in [0.3, 0.4) is 0 Å². The molecule has 2 aromatic heterocycles. The van der Waals surface area contributed by atoms with Gasteiger partial charge in [0.25, 0.3) is 8.32 Å². The first-order chi connectivity index (χ1) is 26.3. The molecule has 54 heavy (non-hydrogen) atoms. The monoisotopic (exact) mass is 729 g/mol. The predicted octanol–water partition coefficient (Wildman–Crippen LogP) is 8.31. The lowest BCUT2D eigenvalue weighted by atomic mass is 9.80. The molecule has 8 heteroatoms. The first-order valence-electron chi connectivity index (χ1n) is 18.9. The SMILES string of the molecule is CC(C)(C)[Si](O[C@H]1CC[C@H](n2cnc3c(N)ncnc32)[C@@H]1COC(c1ccccc1)(c1ccccc1)c1ccccc1)(c1ccccc1)c1ccccc1. The number of hydrogen-bond donors (Lipinski definition) is 1. The Kier molecular flexibility index (Phi) is 9.75. The molecule has 3 atom stereocenters. The topological polar surface area (TPSA) is 88.1 Å². The minimum absolute atomic E-state index is 0.0208. The molecule has 2 heterocycles. The first kappa shape index (κ1) is 35.6. The molecule has 272 valence electrons. The fourth-order valence-electron chi connectivity index (χ4n) is 8.74. The summed E-state index contributed by atoms with van der Waals surface area (Å²) in [5.41, 5.74) is 9.97. The van der Waals surface area contributed by atoms with Gasteiger partial charge in [-0.15, -0.1) is 0 Å². The van der Waals surface area contributed by atoms with E-state index in [1.165, 1.54) is 16.7 Å². The van der Waals surface area contributed by atoms with Gasteiger partial charge >= 0.3 is 0 Å². The second kappa shape index (κ2) is 14.8. The van der Waals surface area contributed by atoms with Crippen molar-refractivity contribution in [2.75, 3.05) is 12.3 Å². The van der Waals surface area contributed by atoms with E-state index < -0.39 is 13.9 Å². The summed E-state index contributed by atoms with van der Waals surface area (Å²) in [6.07, 6.45) is 4.97. The summed E-state index contributed by atoms with van der Waals surface area (Å²) in [5, 5.41) is 2.32. The van der Waals surface area contributed by atoms with Crippen LogP contribution in [-0.4, -0.2) is 40.5 Å². The van der Waals surface area contributed by atoms with Crippen LogP contribution in [0.4, 0.5) is 5.82 Å². The van der Waals surface area contributed by atoms with Gasteiger partial charge in [-0.2, -0.15) is 0 Å². The highest BCUT2D eigenvalue weighted by Gasteiger charge is 2.54. The quantitative estimate of drug-likeness (QED) is 0.107. The first-order valence-corrected chi connectivity index (χ1v) is 20.8. The number of nitrogens with zero attached hydrogens (tertiary/aromatic N) is 4. The normalized spacial score (nSPS) is 17.9. The fraction of sp³-hybridized carbons (Fsp3) is 0.239. The molecular formula is C46H47N5O2Si. The molecule has 1 saturated carbocycles. The van der Waals surface area contributed by atoms with Crippen LogP contribution in [0.15, 0.2) is 164 Å². The number of anilines is 1. The second-order valence-electron chi connectivity index (χ2n) is 15.3. The molecule has 0 saturated heterocycles. The highest BCUT2D eigenvalue weighted by molar-refractivity contribution is 6.99. The summed E-state index contributed by atoms with van der Waals surface area (Å²) in [4.78, 5) is 13.7. The Balaban J connectivity index is 1.29. The van der Waals surface area contributed by atoms with Crippen LogP contribution in [0.5, 0.6) is 0 Å². The minimum atomic E-state index is -2.93. The fourth-order valence-corrected chi connectivity index (χ4v) is 13.5. The van der Waals surface area contributed by atoms with Gasteiger partial charge in [0.2, 0.25) is 0 Å². The van der Waals surface area contributed by atoms with Gasteiger partial charge in [0.05, 0.1) is 19.0 Å². The average Bonchev–Trinajstić information content (AvgIpc) is 3.83. The van der Waals surface area contributed by atoms with Crippen LogP contribution in [-0.2, 0) is 14.8 Å². The van der Waals surface area contributed by atoms with E-state index in [1.54, 1.807) is 0 Å². The van der Waals surface area contributed by atoms with Crippen molar-refractivity contribution in [3.8, 4) is 0 Å². The molecule has 0 bridgehead atoms. The third-order valence-electron chi connectivity index (χ3n) is 11.2. The van der Waals surface area contributed by atoms with E-state index in [-0.39, 0.29) is 23.1 Å². The molecular weight excluding hydrogens is 683 g/mol. The Hall–Kier alpha value is -5.41. The number of fused-ring (bicyclic) bond motifs is 1. The summed E-state index contributed by atoms with van der Waals surface area (Å²) < 4.78 is 17.8. The number of nitrogens with two attached hydrogens (primary N) is 1. The number of nitrogen functional groups attached to an aromatic ring is 1. The largest absolute Gasteiger partial charge is 0.404 e. The van der Waals surface area contributed by atoms with Crippen LogP contribution >= 0.6 is 0 Å². The summed E-state index contributed by atoms with van der Waals surface area (Å²) in [6, 6.07) is 53.5. The van der Waals surface area contributed by atoms with Gasteiger partial charge in [-0.3, -0.25) is 0 Å². The minimum Gasteiger partial charge on any atom is -0.404 e. The second-order valence-corrected chi connectivity index (χ2v) is 19.6. The lowest BCUT2D eigenvalue weighted by Gasteiger charge is -2.46. The number of rotatable bonds is 11. The summed E-state index contributed by atoms with van der Waals surface area (Å²) in [6.45, 7) is 7.43. The number of hydrogen-bond acceptors (Lipinski definition) is 6. The molecule has 7 nitrogen and oxygen atoms in total. The lowest BCUT2D eigenvalue weighted by Crippen LogP contribution is -2.68. The Morgan fingerprint density at radius 3 is 1.61 bits per heavy atom. The van der Waals surface area contributed by atoms with Gasteiger partial charge in [-0.25, -0.2) is 15.0 Å². The molecule has 0 aliphatic heterocycles. The molecule has 0 unspecified atom stereocenters. The van der Waals surface area contributed by atoms with Crippen LogP contribution < -0.4 is 16.1 Å². The van der Waals surface area contributed by atoms with E-state index in [2.05, 4.69) is 182 Å². The summed E-state index contributed by atoms with van der Waals surface area (Å²) in [5.74, 6) is 0.302. The zero-order valence-corrected chi connectivity index (χ0v) is 32.1. The van der Waals surface area contributed by atoms with E-state index in [4.69, 9.17) is 24.9 Å². The van der Waals surface area contributed by atoms with Crippen molar-refractivity contribution in [3.05, 3.63) is 181 Å². The van der Waals surface area contributed by atoms with Crippen molar-refractivity contribution >= 4 is 35.7 Å². The highest BCUT2D eigenvalue weighted by Crippen LogP contribution is 2.47. The molecule has 0 radical (unpaired) electrons. The van der Waals surface area contributed by atoms with Crippen molar-refractivity contribution in [3.63, 3.8) is 0 Å². The van der Waals surface area contributed by atoms with Gasteiger partial charge in [0.15, 0.2) is 11.5 Å². The Bertz CT molecular complexity index is 2140. The molecule has 8 rings (SSSR count). The van der Waals surface area contributed by atoms with E-state index in [1.807, 2.05) is 6.33 Å². The van der Waals surface area contributed by atoms with Crippen LogP contribution in [0, 0.1) is 5.92 Å². The van der Waals surface area contributed by atoms with Crippen molar-refractivity contribution < 1.29 is 9.16 Å². The molecule has 0 amide bonds. The third-order valence-corrected chi connectivity index (χ3v) is 16.3. The number of benzene rings is 5. The van der Waals surface area contributed by atoms with Crippen molar-refractivity contribution in [2.24, 2.45) is 5.92 Å². The van der Waals surface area contributed by atoms with Crippen molar-refractivity contribution in [1.29, 1.82) is 0 Å². The van der Waals surface area contributed by atoms with Crippen molar-refractivity contribution in [1.82, 2.24) is 19.5 Å². The molecule has 7 aromatic rings. The summed E-state index contributed by atoms with van der Waals surface area (Å²) in [7, 11) is -2.93. The van der Waals surface area contributed by atoms with E-state index in [0.29, 0.717) is 17.9 Å². The molecule has 1 aliphatic rings. The standard InChI is InChI=1S/C46H47N5O2Si/c1-45(2,3)54(37-25-15-7-16-26-37,38-27-17-8-18-28-38)53-41-30-29-40(51-33-50-42-43(47)48-32-49-44(42)51)39(41)31-52-46(34-19-9-4-10-20-34,35-21-11-5-12-22-35)36-23-13-6-14-24-36/h4-28,32-33,39-41H,29-31H2,1-3H3,(H2,47,48,49)/t39-,40-,41-/m0/s1. The van der Waals surface area contributed by atoms with Gasteiger partial charge in [0.1, 0.15) is 17.4 Å². The van der Waals surface area contributed by atoms with Crippen LogP contribution in [0.25, 0.3) is 11.2 Å². The zero-order valence-electron chi connectivity index (χ0n) is 31.1. The van der Waals surface area contributed by atoms with E-state index in [0.717, 1.165) is 35.2 Å². The van der Waals surface area contributed by atoms with Gasteiger partial charge in [-0.1, -0.05) is 172 Å². The van der Waals surface area contributed by atoms with Crippen LogP contribution in [0.1, 0.15) is 56.3 Å². The van der Waals surface area contributed by atoms with Gasteiger partial charge in [0, 0.05) is 12.0 Å². The maximum atomic E-state index is 7.96. The smallest absolute Gasteiger partial charge is 0.261 e. The molecule has 5 aromatic carbocycles. The number of imidazole rings is 1. The lowest BCUT2D eigenvalue weighted by molar-refractivity contribution is -0.0347. The maximum Gasteiger partial charge on any atom is 0.261 e. The Morgan fingerprint density at radius 1 is 0.648 bits per heavy atom. The number of ether oxygens (including phenoxy) is 1. The van der Waals surface area contributed by atoms with Gasteiger partial charge < -0.3 is 19.5 Å². The number of aromatic nitrogens is 4. The van der Waals surface area contributed by atoms with Crippen LogP contribution in [0.2, 0.25) is 5.04 Å². The molecule has 1 fully saturated rings. The predicted molar refractivity (Wildman–Crippen MR) is 219 cm³/mol. The third kappa shape index (κ3) is 6.24. The van der Waals surface area contributed by atoms with E-state index >= 15 is 0 Å². The van der Waals surface area contributed by atoms with Crippen molar-refractivity contribution in [2.45, 2.75) is 56.4 Å². The highest BCUT2D eigenvalue weighted by atomic mass is 28.4. The maximum absolute atomic E-state index is 7.96.